The summed E-state index contributed by atoms with van der Waals surface area (Å²) in [4.78, 5) is 17.9. The van der Waals surface area contributed by atoms with Gasteiger partial charge in [-0.25, -0.2) is 4.98 Å². The summed E-state index contributed by atoms with van der Waals surface area (Å²) in [5.74, 6) is 0.663. The number of hydrogen-bond donors (Lipinski definition) is 1. The SMILES string of the molecule is O=c1c2cc(Br)ccc2nc(C=Cc2ccccc2O)n1-c1ccccc1. The van der Waals surface area contributed by atoms with E-state index in [-0.39, 0.29) is 11.3 Å². The lowest BCUT2D eigenvalue weighted by Crippen LogP contribution is -2.22. The largest absolute Gasteiger partial charge is 0.507 e. The summed E-state index contributed by atoms with van der Waals surface area (Å²) < 4.78 is 2.40. The number of fused-ring (bicyclic) bond motifs is 1. The number of nitrogens with zero attached hydrogens (tertiary/aromatic N) is 2. The van der Waals surface area contributed by atoms with Crippen LogP contribution in [0.5, 0.6) is 5.75 Å². The fourth-order valence-corrected chi connectivity index (χ4v) is 3.27. The first kappa shape index (κ1) is 17.2. The number of para-hydroxylation sites is 2. The minimum Gasteiger partial charge on any atom is -0.507 e. The summed E-state index contributed by atoms with van der Waals surface area (Å²) in [5.41, 5.74) is 1.85. The zero-order valence-electron chi connectivity index (χ0n) is 14.2. The number of aromatic hydroxyl groups is 1. The highest BCUT2D eigenvalue weighted by atomic mass is 79.9. The highest BCUT2D eigenvalue weighted by Gasteiger charge is 2.11. The molecule has 4 nitrogen and oxygen atoms in total. The molecular formula is C22H15BrN2O2. The van der Waals surface area contributed by atoms with Gasteiger partial charge in [-0.15, -0.1) is 0 Å². The molecule has 132 valence electrons. The van der Waals surface area contributed by atoms with Crippen molar-refractivity contribution >= 4 is 39.0 Å². The van der Waals surface area contributed by atoms with Crippen LogP contribution in [-0.4, -0.2) is 14.7 Å². The molecule has 0 unspecified atom stereocenters. The van der Waals surface area contributed by atoms with Gasteiger partial charge in [0.1, 0.15) is 11.6 Å². The van der Waals surface area contributed by atoms with E-state index in [4.69, 9.17) is 0 Å². The van der Waals surface area contributed by atoms with Gasteiger partial charge in [0.25, 0.3) is 5.56 Å². The zero-order valence-corrected chi connectivity index (χ0v) is 15.8. The second-order valence-corrected chi connectivity index (χ2v) is 6.92. The van der Waals surface area contributed by atoms with Crippen LogP contribution in [0.3, 0.4) is 0 Å². The quantitative estimate of drug-likeness (QED) is 0.507. The molecule has 5 heteroatoms. The summed E-state index contributed by atoms with van der Waals surface area (Å²) >= 11 is 3.42. The predicted octanol–water partition coefficient (Wildman–Crippen LogP) is 5.02. The topological polar surface area (TPSA) is 55.1 Å². The minimum atomic E-state index is -0.149. The predicted molar refractivity (Wildman–Crippen MR) is 112 cm³/mol. The highest BCUT2D eigenvalue weighted by Crippen LogP contribution is 2.21. The van der Waals surface area contributed by atoms with Gasteiger partial charge in [0, 0.05) is 10.0 Å². The molecule has 27 heavy (non-hydrogen) atoms. The monoisotopic (exact) mass is 418 g/mol. The molecule has 1 aromatic heterocycles. The van der Waals surface area contributed by atoms with Gasteiger partial charge < -0.3 is 5.11 Å². The average molecular weight is 419 g/mol. The molecule has 0 radical (unpaired) electrons. The lowest BCUT2D eigenvalue weighted by Gasteiger charge is -2.11. The molecule has 0 atom stereocenters. The second kappa shape index (κ2) is 7.21. The van der Waals surface area contributed by atoms with Gasteiger partial charge in [0.2, 0.25) is 0 Å². The van der Waals surface area contributed by atoms with Crippen LogP contribution in [0.2, 0.25) is 0 Å². The first-order valence-corrected chi connectivity index (χ1v) is 9.16. The molecule has 3 aromatic carbocycles. The van der Waals surface area contributed by atoms with Crippen molar-refractivity contribution in [1.29, 1.82) is 0 Å². The number of aromatic nitrogens is 2. The molecule has 0 fully saturated rings. The fourth-order valence-electron chi connectivity index (χ4n) is 2.91. The maximum absolute atomic E-state index is 13.2. The molecule has 0 aliphatic heterocycles. The van der Waals surface area contributed by atoms with Crippen molar-refractivity contribution in [3.8, 4) is 11.4 Å². The van der Waals surface area contributed by atoms with Crippen LogP contribution in [0.4, 0.5) is 0 Å². The van der Waals surface area contributed by atoms with E-state index in [2.05, 4.69) is 20.9 Å². The Hall–Kier alpha value is -3.18. The fraction of sp³-hybridized carbons (Fsp3) is 0. The molecule has 0 bridgehead atoms. The average Bonchev–Trinajstić information content (AvgIpc) is 2.69. The standard InChI is InChI=1S/C22H15BrN2O2/c23-16-11-12-19-18(14-16)22(27)25(17-7-2-1-3-8-17)21(24-19)13-10-15-6-4-5-9-20(15)26/h1-14,26H. The van der Waals surface area contributed by atoms with Crippen molar-refractivity contribution in [2.75, 3.05) is 0 Å². The second-order valence-electron chi connectivity index (χ2n) is 6.00. The van der Waals surface area contributed by atoms with Gasteiger partial charge in [-0.1, -0.05) is 52.3 Å². The van der Waals surface area contributed by atoms with Crippen LogP contribution in [0.15, 0.2) is 82.1 Å². The number of phenols is 1. The molecular weight excluding hydrogens is 404 g/mol. The molecule has 0 spiro atoms. The molecule has 4 rings (SSSR count). The smallest absolute Gasteiger partial charge is 0.266 e. The van der Waals surface area contributed by atoms with Gasteiger partial charge in [-0.3, -0.25) is 9.36 Å². The third kappa shape index (κ3) is 3.41. The molecule has 0 aliphatic carbocycles. The van der Waals surface area contributed by atoms with Gasteiger partial charge in [-0.2, -0.15) is 0 Å². The van der Waals surface area contributed by atoms with Gasteiger partial charge in [0.15, 0.2) is 0 Å². The van der Waals surface area contributed by atoms with Crippen LogP contribution in [0.1, 0.15) is 11.4 Å². The van der Waals surface area contributed by atoms with Gasteiger partial charge in [0.05, 0.1) is 16.6 Å². The van der Waals surface area contributed by atoms with Crippen molar-refractivity contribution in [3.05, 3.63) is 99.0 Å². The highest BCUT2D eigenvalue weighted by molar-refractivity contribution is 9.10. The summed E-state index contributed by atoms with van der Waals surface area (Å²) in [6.07, 6.45) is 3.49. The maximum atomic E-state index is 13.2. The molecule has 1 heterocycles. The molecule has 0 aliphatic rings. The first-order valence-electron chi connectivity index (χ1n) is 8.37. The lowest BCUT2D eigenvalue weighted by atomic mass is 10.2. The Morgan fingerprint density at radius 1 is 0.926 bits per heavy atom. The van der Waals surface area contributed by atoms with Gasteiger partial charge >= 0.3 is 0 Å². The van der Waals surface area contributed by atoms with Crippen molar-refractivity contribution in [1.82, 2.24) is 9.55 Å². The van der Waals surface area contributed by atoms with E-state index in [1.54, 1.807) is 41.0 Å². The Labute approximate surface area is 164 Å². The lowest BCUT2D eigenvalue weighted by molar-refractivity contribution is 0.474. The summed E-state index contributed by atoms with van der Waals surface area (Å²) in [7, 11) is 0. The Morgan fingerprint density at radius 3 is 2.44 bits per heavy atom. The van der Waals surface area contributed by atoms with E-state index in [0.717, 1.165) is 10.2 Å². The van der Waals surface area contributed by atoms with E-state index in [0.29, 0.717) is 22.3 Å². The number of halogens is 1. The maximum Gasteiger partial charge on any atom is 0.266 e. The van der Waals surface area contributed by atoms with Crippen LogP contribution in [0, 0.1) is 0 Å². The van der Waals surface area contributed by atoms with Crippen LogP contribution in [-0.2, 0) is 0 Å². The third-order valence-electron chi connectivity index (χ3n) is 4.22. The van der Waals surface area contributed by atoms with Crippen molar-refractivity contribution in [2.45, 2.75) is 0 Å². The summed E-state index contributed by atoms with van der Waals surface area (Å²) in [5, 5.41) is 10.5. The Kier molecular flexibility index (Phi) is 4.60. The number of rotatable bonds is 3. The van der Waals surface area contributed by atoms with E-state index in [9.17, 15) is 9.90 Å². The zero-order chi connectivity index (χ0) is 18.8. The molecule has 0 amide bonds. The number of benzene rings is 3. The third-order valence-corrected chi connectivity index (χ3v) is 4.71. The van der Waals surface area contributed by atoms with Crippen LogP contribution < -0.4 is 5.56 Å². The van der Waals surface area contributed by atoms with E-state index >= 15 is 0 Å². The van der Waals surface area contributed by atoms with E-state index in [1.807, 2.05) is 48.5 Å². The molecule has 0 saturated heterocycles. The Balaban J connectivity index is 1.97. The van der Waals surface area contributed by atoms with E-state index < -0.39 is 0 Å². The van der Waals surface area contributed by atoms with Gasteiger partial charge in [-0.05, 0) is 48.6 Å². The Morgan fingerprint density at radius 2 is 1.67 bits per heavy atom. The van der Waals surface area contributed by atoms with Crippen molar-refractivity contribution in [2.24, 2.45) is 0 Å². The minimum absolute atomic E-state index is 0.149. The van der Waals surface area contributed by atoms with Crippen LogP contribution >= 0.6 is 15.9 Å². The van der Waals surface area contributed by atoms with Crippen LogP contribution in [0.25, 0.3) is 28.7 Å². The molecule has 0 saturated carbocycles. The van der Waals surface area contributed by atoms with E-state index in [1.165, 1.54) is 0 Å². The molecule has 4 aromatic rings. The normalized spacial score (nSPS) is 11.3. The summed E-state index contributed by atoms with van der Waals surface area (Å²) in [6.45, 7) is 0. The summed E-state index contributed by atoms with van der Waals surface area (Å²) in [6, 6.07) is 21.9. The number of hydrogen-bond acceptors (Lipinski definition) is 3. The van der Waals surface area contributed by atoms with Crippen molar-refractivity contribution in [3.63, 3.8) is 0 Å². The number of phenolic OH excluding ortho intramolecular Hbond substituents is 1. The molecule has 1 N–H and O–H groups in total. The first-order chi connectivity index (χ1) is 13.1. The Bertz CT molecular complexity index is 1210. The van der Waals surface area contributed by atoms with Crippen molar-refractivity contribution < 1.29 is 5.11 Å².